The van der Waals surface area contributed by atoms with Crippen LogP contribution in [0.5, 0.6) is 0 Å². The van der Waals surface area contributed by atoms with Crippen molar-refractivity contribution in [2.45, 2.75) is 12.5 Å². The third kappa shape index (κ3) is 4.26. The monoisotopic (exact) mass is 348 g/mol. The summed E-state index contributed by atoms with van der Waals surface area (Å²) >= 11 is 5.87. The van der Waals surface area contributed by atoms with Gasteiger partial charge in [-0.15, -0.1) is 0 Å². The highest BCUT2D eigenvalue weighted by molar-refractivity contribution is 8.20. The lowest BCUT2D eigenvalue weighted by molar-refractivity contribution is -0.140. The Bertz CT molecular complexity index is 694. The van der Waals surface area contributed by atoms with Gasteiger partial charge in [-0.3, -0.25) is 14.7 Å². The highest BCUT2D eigenvalue weighted by Gasteiger charge is 2.30. The molecule has 23 heavy (non-hydrogen) atoms. The average Bonchev–Trinajstić information content (AvgIpc) is 2.55. The van der Waals surface area contributed by atoms with Crippen molar-refractivity contribution in [2.75, 3.05) is 0 Å². The first-order valence-corrected chi connectivity index (χ1v) is 9.74. The molecule has 120 valence electrons. The largest absolute Gasteiger partial charge is 0.480 e. The fourth-order valence-electron chi connectivity index (χ4n) is 2.18. The van der Waals surface area contributed by atoms with Crippen LogP contribution in [0.1, 0.15) is 6.42 Å². The Kier molecular flexibility index (Phi) is 5.66. The van der Waals surface area contributed by atoms with Crippen LogP contribution in [-0.2, 0) is 21.4 Å². The number of amides is 1. The van der Waals surface area contributed by atoms with Crippen molar-refractivity contribution in [3.05, 3.63) is 60.7 Å². The molecule has 0 saturated heterocycles. The number of hydrogen-bond acceptors (Lipinski definition) is 3. The number of carboxylic acid groups (broad SMARTS) is 1. The molecule has 2 aromatic rings. The molecular weight excluding hydrogens is 331 g/mol. The van der Waals surface area contributed by atoms with Gasteiger partial charge in [0.15, 0.2) is 0 Å². The lowest BCUT2D eigenvalue weighted by Gasteiger charge is -2.27. The van der Waals surface area contributed by atoms with Gasteiger partial charge >= 0.3 is 5.97 Å². The van der Waals surface area contributed by atoms with Crippen LogP contribution in [0.15, 0.2) is 60.7 Å². The van der Waals surface area contributed by atoms with E-state index in [0.29, 0.717) is 0 Å². The quantitative estimate of drug-likeness (QED) is 0.648. The maximum Gasteiger partial charge on any atom is 0.321 e. The molecule has 0 aromatic heterocycles. The number of primary amides is 1. The number of hydrogen-bond donors (Lipinski definition) is 3. The van der Waals surface area contributed by atoms with Crippen molar-refractivity contribution in [2.24, 2.45) is 5.73 Å². The molecule has 0 heterocycles. The summed E-state index contributed by atoms with van der Waals surface area (Å²) in [5.74, 6) is -1.84. The predicted octanol–water partition coefficient (Wildman–Crippen LogP) is 0.950. The van der Waals surface area contributed by atoms with E-state index in [1.165, 1.54) is 0 Å². The summed E-state index contributed by atoms with van der Waals surface area (Å²) in [6.07, 6.45) is -2.91. The van der Waals surface area contributed by atoms with Crippen molar-refractivity contribution in [3.63, 3.8) is 0 Å². The molecule has 0 fully saturated rings. The van der Waals surface area contributed by atoms with Crippen LogP contribution in [0.25, 0.3) is 0 Å². The first-order chi connectivity index (χ1) is 10.9. The molecule has 2 rings (SSSR count). The number of carbonyl (C=O) groups excluding carboxylic acids is 1. The molecule has 0 aliphatic rings. The van der Waals surface area contributed by atoms with E-state index in [1.54, 1.807) is 0 Å². The van der Waals surface area contributed by atoms with E-state index >= 15 is 0 Å². The zero-order valence-corrected chi connectivity index (χ0v) is 14.0. The highest BCUT2D eigenvalue weighted by Crippen LogP contribution is 2.40. The Balaban J connectivity index is 2.48. The summed E-state index contributed by atoms with van der Waals surface area (Å²) < 4.78 is 0. The summed E-state index contributed by atoms with van der Waals surface area (Å²) in [6, 6.07) is 17.5. The van der Waals surface area contributed by atoms with E-state index in [-0.39, 0.29) is 6.42 Å². The van der Waals surface area contributed by atoms with E-state index in [4.69, 9.17) is 17.5 Å². The minimum absolute atomic E-state index is 0.312. The summed E-state index contributed by atoms with van der Waals surface area (Å²) in [6.45, 7) is 0. The van der Waals surface area contributed by atoms with Crippen LogP contribution in [-0.4, -0.2) is 23.0 Å². The van der Waals surface area contributed by atoms with Crippen LogP contribution >= 0.6 is 6.19 Å². The molecule has 0 radical (unpaired) electrons. The van der Waals surface area contributed by atoms with Crippen molar-refractivity contribution in [3.8, 4) is 0 Å². The standard InChI is InChI=1S/C16H17N2O3PS/c17-15(19)11-14(16(20)21)18-22(23,12-7-3-1-4-8-12)13-9-5-2-6-10-13/h1-10,14H,11H2,(H2,17,19)(H,18,23)(H,20,21). The Labute approximate surface area is 139 Å². The molecule has 1 unspecified atom stereocenters. The van der Waals surface area contributed by atoms with Crippen LogP contribution in [0.2, 0.25) is 0 Å². The molecule has 5 nitrogen and oxygen atoms in total. The van der Waals surface area contributed by atoms with Crippen LogP contribution < -0.4 is 21.4 Å². The minimum Gasteiger partial charge on any atom is -0.480 e. The second-order valence-corrected chi connectivity index (χ2v) is 9.12. The van der Waals surface area contributed by atoms with E-state index in [1.807, 2.05) is 60.7 Å². The number of rotatable bonds is 7. The van der Waals surface area contributed by atoms with Gasteiger partial charge in [-0.2, -0.15) is 0 Å². The van der Waals surface area contributed by atoms with Crippen LogP contribution in [0.3, 0.4) is 0 Å². The third-order valence-corrected chi connectivity index (χ3v) is 7.59. The fraction of sp³-hybridized carbons (Fsp3) is 0.125. The van der Waals surface area contributed by atoms with E-state index in [9.17, 15) is 14.7 Å². The van der Waals surface area contributed by atoms with Gasteiger partial charge in [-0.25, -0.2) is 0 Å². The highest BCUT2D eigenvalue weighted by atomic mass is 32.4. The van der Waals surface area contributed by atoms with Gasteiger partial charge in [0.1, 0.15) is 6.04 Å². The van der Waals surface area contributed by atoms with Crippen molar-refractivity contribution in [1.82, 2.24) is 5.09 Å². The lowest BCUT2D eigenvalue weighted by atomic mass is 10.2. The van der Waals surface area contributed by atoms with Crippen molar-refractivity contribution < 1.29 is 14.7 Å². The second-order valence-electron chi connectivity index (χ2n) is 4.97. The molecule has 0 bridgehead atoms. The van der Waals surface area contributed by atoms with Gasteiger partial charge in [-0.05, 0) is 0 Å². The van der Waals surface area contributed by atoms with E-state index < -0.39 is 24.1 Å². The fourth-order valence-corrected chi connectivity index (χ4v) is 5.72. The molecular formula is C16H17N2O3PS. The van der Waals surface area contributed by atoms with Gasteiger partial charge in [0.25, 0.3) is 0 Å². The lowest BCUT2D eigenvalue weighted by Crippen LogP contribution is -2.42. The third-order valence-electron chi connectivity index (χ3n) is 3.28. The molecule has 0 aliphatic carbocycles. The maximum absolute atomic E-state index is 11.5. The van der Waals surface area contributed by atoms with Gasteiger partial charge in [0.2, 0.25) is 5.91 Å². The predicted molar refractivity (Wildman–Crippen MR) is 94.8 cm³/mol. The normalized spacial score (nSPS) is 12.5. The van der Waals surface area contributed by atoms with Crippen molar-refractivity contribution in [1.29, 1.82) is 0 Å². The Morgan fingerprint density at radius 3 is 1.83 bits per heavy atom. The molecule has 7 heteroatoms. The summed E-state index contributed by atoms with van der Waals surface area (Å²) in [5, 5.41) is 14.1. The Morgan fingerprint density at radius 1 is 1.04 bits per heavy atom. The molecule has 0 spiro atoms. The average molecular weight is 348 g/mol. The topological polar surface area (TPSA) is 92.4 Å². The number of nitrogens with one attached hydrogen (secondary N) is 1. The summed E-state index contributed by atoms with van der Waals surface area (Å²) in [5.41, 5.74) is 5.16. The number of carbonyl (C=O) groups is 2. The molecule has 1 atom stereocenters. The zero-order chi connectivity index (χ0) is 16.9. The summed E-state index contributed by atoms with van der Waals surface area (Å²) in [7, 11) is 0. The van der Waals surface area contributed by atoms with Gasteiger partial charge in [0.05, 0.1) is 12.6 Å². The van der Waals surface area contributed by atoms with Gasteiger partial charge < -0.3 is 10.8 Å². The molecule has 1 amide bonds. The zero-order valence-electron chi connectivity index (χ0n) is 12.3. The smallest absolute Gasteiger partial charge is 0.321 e. The number of aliphatic carboxylic acids is 1. The minimum atomic E-state index is -2.60. The van der Waals surface area contributed by atoms with E-state index in [0.717, 1.165) is 10.6 Å². The second kappa shape index (κ2) is 7.51. The van der Waals surface area contributed by atoms with Crippen LogP contribution in [0, 0.1) is 0 Å². The Hall–Kier alpha value is -2.01. The molecule has 2 aromatic carbocycles. The van der Waals surface area contributed by atoms with Gasteiger partial charge in [0, 0.05) is 10.6 Å². The SMILES string of the molecule is NC(=O)CC(NP(=S)(c1ccccc1)c1ccccc1)C(=O)O. The number of benzene rings is 2. The van der Waals surface area contributed by atoms with E-state index in [2.05, 4.69) is 5.09 Å². The van der Waals surface area contributed by atoms with Gasteiger partial charge in [-0.1, -0.05) is 72.5 Å². The maximum atomic E-state index is 11.5. The first-order valence-electron chi connectivity index (χ1n) is 6.93. The molecule has 0 aliphatic heterocycles. The molecule has 0 saturated carbocycles. The molecule has 4 N–H and O–H groups in total. The van der Waals surface area contributed by atoms with Crippen molar-refractivity contribution >= 4 is 40.5 Å². The number of nitrogens with two attached hydrogens (primary N) is 1. The first kappa shape index (κ1) is 17.3. The number of carboxylic acids is 1. The summed E-state index contributed by atoms with van der Waals surface area (Å²) in [4.78, 5) is 22.6. The Morgan fingerprint density at radius 2 is 1.48 bits per heavy atom. The van der Waals surface area contributed by atoms with Crippen LogP contribution in [0.4, 0.5) is 0 Å².